The fraction of sp³-hybridized carbons (Fsp3) is 0.412. The lowest BCUT2D eigenvalue weighted by molar-refractivity contribution is -0.0504. The van der Waals surface area contributed by atoms with Crippen LogP contribution in [0.3, 0.4) is 0 Å². The quantitative estimate of drug-likeness (QED) is 0.513. The van der Waals surface area contributed by atoms with Crippen molar-refractivity contribution in [2.45, 2.75) is 40.0 Å². The van der Waals surface area contributed by atoms with E-state index in [0.717, 1.165) is 17.1 Å². The lowest BCUT2D eigenvalue weighted by Crippen LogP contribution is -2.36. The van der Waals surface area contributed by atoms with Crippen molar-refractivity contribution >= 4 is 28.9 Å². The molecule has 9 heteroatoms. The number of rotatable bonds is 8. The largest absolute Gasteiger partial charge is 0.434 e. The Bertz CT molecular complexity index is 739. The molecule has 0 aliphatic carbocycles. The van der Waals surface area contributed by atoms with Crippen LogP contribution in [0, 0.1) is 0 Å². The summed E-state index contributed by atoms with van der Waals surface area (Å²) in [5.74, 6) is 0.623. The van der Waals surface area contributed by atoms with Crippen LogP contribution in [0.15, 0.2) is 28.6 Å². The maximum atomic E-state index is 12.5. The molecule has 2 aromatic rings. The summed E-state index contributed by atoms with van der Waals surface area (Å²) in [4.78, 5) is 8.91. The van der Waals surface area contributed by atoms with E-state index in [4.69, 9.17) is 11.6 Å². The highest BCUT2D eigenvalue weighted by Crippen LogP contribution is 2.25. The highest BCUT2D eigenvalue weighted by atomic mass is 35.5. The molecular weight excluding hydrogens is 382 g/mol. The number of aromatic nitrogens is 1. The lowest BCUT2D eigenvalue weighted by Gasteiger charge is -2.12. The van der Waals surface area contributed by atoms with Crippen LogP contribution >= 0.6 is 22.9 Å². The second kappa shape index (κ2) is 10.3. The zero-order valence-corrected chi connectivity index (χ0v) is 16.1. The van der Waals surface area contributed by atoms with Gasteiger partial charge < -0.3 is 15.4 Å². The van der Waals surface area contributed by atoms with Gasteiger partial charge in [-0.2, -0.15) is 8.78 Å². The maximum absolute atomic E-state index is 12.5. The molecule has 5 nitrogen and oxygen atoms in total. The van der Waals surface area contributed by atoms with E-state index in [9.17, 15) is 8.78 Å². The van der Waals surface area contributed by atoms with Crippen LogP contribution in [0.1, 0.15) is 30.1 Å². The Kier molecular flexibility index (Phi) is 8.06. The molecule has 0 fully saturated rings. The van der Waals surface area contributed by atoms with Gasteiger partial charge in [-0.15, -0.1) is 11.3 Å². The minimum absolute atomic E-state index is 0.0658. The molecular formula is C17H21ClF2N4OS. The SMILES string of the molecule is CCNC(=NCc1cc(Cl)ccc1OC(F)F)NCc1csc(CC)n1. The Balaban J connectivity index is 2.07. The molecule has 142 valence electrons. The number of aryl methyl sites for hydroxylation is 1. The first-order valence-electron chi connectivity index (χ1n) is 8.20. The smallest absolute Gasteiger partial charge is 0.387 e. The normalized spacial score (nSPS) is 11.7. The van der Waals surface area contributed by atoms with Gasteiger partial charge in [-0.1, -0.05) is 18.5 Å². The fourth-order valence-electron chi connectivity index (χ4n) is 2.16. The van der Waals surface area contributed by atoms with Gasteiger partial charge in [0, 0.05) is 22.5 Å². The third-order valence-corrected chi connectivity index (χ3v) is 4.61. The summed E-state index contributed by atoms with van der Waals surface area (Å²) >= 11 is 7.58. The highest BCUT2D eigenvalue weighted by molar-refractivity contribution is 7.09. The van der Waals surface area contributed by atoms with Gasteiger partial charge in [0.05, 0.1) is 23.8 Å². The van der Waals surface area contributed by atoms with Crippen molar-refractivity contribution in [1.82, 2.24) is 15.6 Å². The van der Waals surface area contributed by atoms with Gasteiger partial charge in [0.2, 0.25) is 0 Å². The molecule has 0 amide bonds. The minimum Gasteiger partial charge on any atom is -0.434 e. The number of hydrogen-bond donors (Lipinski definition) is 2. The summed E-state index contributed by atoms with van der Waals surface area (Å²) in [6, 6.07) is 4.49. The predicted molar refractivity (Wildman–Crippen MR) is 101 cm³/mol. The van der Waals surface area contributed by atoms with Crippen molar-refractivity contribution < 1.29 is 13.5 Å². The number of aliphatic imine (C=N–C) groups is 1. The van der Waals surface area contributed by atoms with E-state index in [2.05, 4.69) is 32.3 Å². The van der Waals surface area contributed by atoms with Crippen LogP contribution in [0.4, 0.5) is 8.78 Å². The van der Waals surface area contributed by atoms with Crippen LogP contribution in [0.25, 0.3) is 0 Å². The molecule has 1 heterocycles. The van der Waals surface area contributed by atoms with Crippen LogP contribution in [-0.4, -0.2) is 24.1 Å². The molecule has 1 aromatic heterocycles. The number of thiazole rings is 1. The maximum Gasteiger partial charge on any atom is 0.387 e. The average molecular weight is 403 g/mol. The van der Waals surface area contributed by atoms with Gasteiger partial charge in [0.15, 0.2) is 5.96 Å². The first kappa shape index (κ1) is 20.4. The van der Waals surface area contributed by atoms with Gasteiger partial charge in [-0.05, 0) is 31.5 Å². The second-order valence-electron chi connectivity index (χ2n) is 5.27. The van der Waals surface area contributed by atoms with Crippen molar-refractivity contribution in [3.63, 3.8) is 0 Å². The number of halogens is 3. The summed E-state index contributed by atoms with van der Waals surface area (Å²) in [5.41, 5.74) is 1.42. The molecule has 0 saturated carbocycles. The number of nitrogens with zero attached hydrogens (tertiary/aromatic N) is 2. The predicted octanol–water partition coefficient (Wildman–Crippen LogP) is 4.22. The molecule has 26 heavy (non-hydrogen) atoms. The first-order chi connectivity index (χ1) is 12.5. The molecule has 0 radical (unpaired) electrons. The van der Waals surface area contributed by atoms with E-state index in [1.54, 1.807) is 17.4 Å². The van der Waals surface area contributed by atoms with E-state index >= 15 is 0 Å². The third kappa shape index (κ3) is 6.42. The van der Waals surface area contributed by atoms with Crippen LogP contribution < -0.4 is 15.4 Å². The Morgan fingerprint density at radius 1 is 1.35 bits per heavy atom. The van der Waals surface area contributed by atoms with Gasteiger partial charge in [-0.3, -0.25) is 0 Å². The summed E-state index contributed by atoms with van der Waals surface area (Å²) in [5, 5.41) is 9.81. The fourth-order valence-corrected chi connectivity index (χ4v) is 3.09. The average Bonchev–Trinajstić information content (AvgIpc) is 3.07. The number of guanidine groups is 1. The number of benzene rings is 1. The van der Waals surface area contributed by atoms with E-state index in [1.807, 2.05) is 12.3 Å². The van der Waals surface area contributed by atoms with Crippen molar-refractivity contribution in [2.75, 3.05) is 6.54 Å². The summed E-state index contributed by atoms with van der Waals surface area (Å²) in [6.45, 7) is 2.45. The van der Waals surface area contributed by atoms with E-state index < -0.39 is 6.61 Å². The van der Waals surface area contributed by atoms with E-state index in [1.165, 1.54) is 12.1 Å². The van der Waals surface area contributed by atoms with E-state index in [0.29, 0.717) is 29.6 Å². The van der Waals surface area contributed by atoms with Crippen molar-refractivity contribution in [3.8, 4) is 5.75 Å². The number of nitrogens with one attached hydrogen (secondary N) is 2. The van der Waals surface area contributed by atoms with E-state index in [-0.39, 0.29) is 12.3 Å². The zero-order chi connectivity index (χ0) is 18.9. The summed E-state index contributed by atoms with van der Waals surface area (Å²) < 4.78 is 29.6. The molecule has 0 aliphatic heterocycles. The first-order valence-corrected chi connectivity index (χ1v) is 9.46. The number of alkyl halides is 2. The van der Waals surface area contributed by atoms with Crippen molar-refractivity contribution in [3.05, 3.63) is 44.9 Å². The molecule has 0 aliphatic rings. The lowest BCUT2D eigenvalue weighted by atomic mass is 10.2. The molecule has 0 atom stereocenters. The van der Waals surface area contributed by atoms with Crippen molar-refractivity contribution in [2.24, 2.45) is 4.99 Å². The molecule has 0 unspecified atom stereocenters. The van der Waals surface area contributed by atoms with Crippen LogP contribution in [0.5, 0.6) is 5.75 Å². The molecule has 1 aromatic carbocycles. The van der Waals surface area contributed by atoms with Crippen molar-refractivity contribution in [1.29, 1.82) is 0 Å². The Labute approximate surface area is 160 Å². The van der Waals surface area contributed by atoms with Gasteiger partial charge >= 0.3 is 6.61 Å². The summed E-state index contributed by atoms with van der Waals surface area (Å²) in [6.07, 6.45) is 0.903. The molecule has 2 N–H and O–H groups in total. The second-order valence-corrected chi connectivity index (χ2v) is 6.64. The topological polar surface area (TPSA) is 58.5 Å². The minimum atomic E-state index is -2.90. The Hall–Kier alpha value is -1.93. The molecule has 0 spiro atoms. The van der Waals surface area contributed by atoms with Crippen LogP contribution in [-0.2, 0) is 19.5 Å². The molecule has 0 bridgehead atoms. The van der Waals surface area contributed by atoms with Gasteiger partial charge in [-0.25, -0.2) is 9.98 Å². The third-order valence-electron chi connectivity index (χ3n) is 3.33. The van der Waals surface area contributed by atoms with Crippen LogP contribution in [0.2, 0.25) is 5.02 Å². The number of hydrogen-bond acceptors (Lipinski definition) is 4. The van der Waals surface area contributed by atoms with Gasteiger partial charge in [0.1, 0.15) is 5.75 Å². The number of ether oxygens (including phenoxy) is 1. The highest BCUT2D eigenvalue weighted by Gasteiger charge is 2.10. The molecule has 2 rings (SSSR count). The van der Waals surface area contributed by atoms with Gasteiger partial charge in [0.25, 0.3) is 0 Å². The standard InChI is InChI=1S/C17H21ClF2N4OS/c1-3-15-24-13(10-26-15)9-23-17(21-4-2)22-8-11-7-12(18)5-6-14(11)25-16(19)20/h5-7,10,16H,3-4,8-9H2,1-2H3,(H2,21,22,23). The summed E-state index contributed by atoms with van der Waals surface area (Å²) in [7, 11) is 0. The monoisotopic (exact) mass is 402 g/mol. The Morgan fingerprint density at radius 3 is 2.81 bits per heavy atom. The Morgan fingerprint density at radius 2 is 2.15 bits per heavy atom. The molecule has 0 saturated heterocycles. The zero-order valence-electron chi connectivity index (χ0n) is 14.6.